The summed E-state index contributed by atoms with van der Waals surface area (Å²) in [6, 6.07) is 10.8. The fourth-order valence-corrected chi connectivity index (χ4v) is 5.85. The van der Waals surface area contributed by atoms with Gasteiger partial charge in [-0.2, -0.15) is 0 Å². The molecule has 1 aliphatic rings. The molecule has 0 radical (unpaired) electrons. The molecule has 0 aliphatic carbocycles. The summed E-state index contributed by atoms with van der Waals surface area (Å²) in [5, 5.41) is 2.47. The van der Waals surface area contributed by atoms with Crippen molar-refractivity contribution in [1.82, 2.24) is 14.9 Å². The van der Waals surface area contributed by atoms with E-state index in [1.807, 2.05) is 0 Å². The highest BCUT2D eigenvalue weighted by atomic mass is 32.2. The number of hydrogen-bond donors (Lipinski definition) is 1. The molecule has 0 spiro atoms. The molecule has 1 aliphatic heterocycles. The maximum atomic E-state index is 13.8. The van der Waals surface area contributed by atoms with Crippen LogP contribution in [0.2, 0.25) is 0 Å². The molecule has 1 saturated heterocycles. The van der Waals surface area contributed by atoms with E-state index in [0.29, 0.717) is 48.7 Å². The first-order chi connectivity index (χ1) is 18.9. The lowest BCUT2D eigenvalue weighted by Crippen LogP contribution is -2.44. The Morgan fingerprint density at radius 3 is 2.27 bits per heavy atom. The van der Waals surface area contributed by atoms with Gasteiger partial charge in [0, 0.05) is 36.7 Å². The van der Waals surface area contributed by atoms with Crippen LogP contribution in [-0.4, -0.2) is 53.3 Å². The zero-order chi connectivity index (χ0) is 28.9. The third kappa shape index (κ3) is 7.21. The smallest absolute Gasteiger partial charge is 0.410 e. The van der Waals surface area contributed by atoms with Crippen molar-refractivity contribution in [2.24, 2.45) is 0 Å². The van der Waals surface area contributed by atoms with E-state index in [-0.39, 0.29) is 10.6 Å². The zero-order valence-electron chi connectivity index (χ0n) is 22.5. The largest absolute Gasteiger partial charge is 0.444 e. The number of ether oxygens (including phenoxy) is 1. The van der Waals surface area contributed by atoms with Gasteiger partial charge in [-0.05, 0) is 69.5 Å². The van der Waals surface area contributed by atoms with Crippen LogP contribution in [0, 0.1) is 12.4 Å². The molecule has 2 aromatic carbocycles. The maximum Gasteiger partial charge on any atom is 0.410 e. The molecular formula is C29H30FN5O4S. The third-order valence-electron chi connectivity index (χ3n) is 6.20. The van der Waals surface area contributed by atoms with E-state index in [4.69, 9.17) is 11.3 Å². The molecule has 2 heterocycles. The molecule has 208 valence electrons. The normalized spacial score (nSPS) is 14.6. The first-order valence-corrected chi connectivity index (χ1v) is 14.3. The summed E-state index contributed by atoms with van der Waals surface area (Å²) in [7, 11) is -3.56. The SMILES string of the molecule is [C-]#[N+]c1ccc(C=Cc2cnc(Nc3ccc(S(=O)(=O)C4CCN(C(=O)OC(C)(C)C)CC4)cc3)nc2)cc1F. The molecule has 1 fully saturated rings. The van der Waals surface area contributed by atoms with Crippen LogP contribution < -0.4 is 5.32 Å². The second kappa shape index (κ2) is 11.8. The van der Waals surface area contributed by atoms with E-state index in [0.717, 1.165) is 0 Å². The van der Waals surface area contributed by atoms with Gasteiger partial charge in [0.25, 0.3) is 0 Å². The summed E-state index contributed by atoms with van der Waals surface area (Å²) < 4.78 is 45.6. The lowest BCUT2D eigenvalue weighted by molar-refractivity contribution is 0.0217. The molecule has 4 rings (SSSR count). The number of hydrogen-bond acceptors (Lipinski definition) is 7. The van der Waals surface area contributed by atoms with Crippen LogP contribution >= 0.6 is 0 Å². The van der Waals surface area contributed by atoms with Crippen LogP contribution in [-0.2, 0) is 14.6 Å². The van der Waals surface area contributed by atoms with Crippen LogP contribution in [0.5, 0.6) is 0 Å². The fraction of sp³-hybridized carbons (Fsp3) is 0.310. The molecule has 0 atom stereocenters. The summed E-state index contributed by atoms with van der Waals surface area (Å²) in [6.07, 6.45) is 6.88. The summed E-state index contributed by atoms with van der Waals surface area (Å²) in [6.45, 7) is 13.0. The minimum Gasteiger partial charge on any atom is -0.444 e. The Kier molecular flexibility index (Phi) is 8.49. The number of carbonyl (C=O) groups is 1. The van der Waals surface area contributed by atoms with Gasteiger partial charge in [-0.15, -0.1) is 0 Å². The average Bonchev–Trinajstić information content (AvgIpc) is 2.92. The molecule has 0 unspecified atom stereocenters. The zero-order valence-corrected chi connectivity index (χ0v) is 23.3. The van der Waals surface area contributed by atoms with E-state index in [1.165, 1.54) is 12.1 Å². The number of sulfone groups is 1. The van der Waals surface area contributed by atoms with Crippen LogP contribution in [0.1, 0.15) is 44.7 Å². The van der Waals surface area contributed by atoms with Crippen molar-refractivity contribution < 1.29 is 22.3 Å². The van der Waals surface area contributed by atoms with Gasteiger partial charge in [-0.3, -0.25) is 0 Å². The van der Waals surface area contributed by atoms with Crippen LogP contribution in [0.4, 0.5) is 26.5 Å². The number of nitrogens with one attached hydrogen (secondary N) is 1. The van der Waals surface area contributed by atoms with Gasteiger partial charge in [-0.25, -0.2) is 32.4 Å². The number of rotatable bonds is 6. The minimum atomic E-state index is -3.56. The van der Waals surface area contributed by atoms with Gasteiger partial charge in [0.15, 0.2) is 9.84 Å². The topological polar surface area (TPSA) is 106 Å². The Balaban J connectivity index is 1.33. The predicted molar refractivity (Wildman–Crippen MR) is 151 cm³/mol. The first kappa shape index (κ1) is 28.7. The molecule has 1 amide bonds. The summed E-state index contributed by atoms with van der Waals surface area (Å²) in [5.41, 5.74) is 1.30. The number of piperidine rings is 1. The Morgan fingerprint density at radius 2 is 1.70 bits per heavy atom. The van der Waals surface area contributed by atoms with Gasteiger partial charge in [0.05, 0.1) is 16.7 Å². The monoisotopic (exact) mass is 563 g/mol. The van der Waals surface area contributed by atoms with E-state index in [2.05, 4.69) is 20.1 Å². The van der Waals surface area contributed by atoms with Gasteiger partial charge in [0.1, 0.15) is 11.4 Å². The number of aromatic nitrogens is 2. The van der Waals surface area contributed by atoms with Gasteiger partial charge in [-0.1, -0.05) is 24.3 Å². The molecule has 0 saturated carbocycles. The quantitative estimate of drug-likeness (QED) is 0.353. The number of nitrogens with zero attached hydrogens (tertiary/aromatic N) is 4. The lowest BCUT2D eigenvalue weighted by Gasteiger charge is -2.33. The highest BCUT2D eigenvalue weighted by Gasteiger charge is 2.34. The number of anilines is 2. The standard InChI is InChI=1S/C29H30FN5O4S/c1-29(2,3)39-28(36)35-15-13-24(14-16-35)40(37,38)23-10-8-22(9-11-23)34-27-32-18-21(19-33-27)6-5-20-7-12-26(31-4)25(30)17-20/h5-12,17-19,24H,13-16H2,1-3H3,(H,32,33,34). The van der Waals surface area contributed by atoms with Crippen molar-refractivity contribution in [3.05, 3.63) is 83.2 Å². The van der Waals surface area contributed by atoms with Gasteiger partial charge >= 0.3 is 6.09 Å². The predicted octanol–water partition coefficient (Wildman–Crippen LogP) is 6.25. The Hall–Kier alpha value is -4.30. The van der Waals surface area contributed by atoms with Crippen molar-refractivity contribution in [2.45, 2.75) is 49.4 Å². The van der Waals surface area contributed by atoms with E-state index >= 15 is 0 Å². The van der Waals surface area contributed by atoms with Crippen LogP contribution in [0.3, 0.4) is 0 Å². The number of halogens is 1. The van der Waals surface area contributed by atoms with Crippen molar-refractivity contribution >= 4 is 45.4 Å². The molecule has 0 bridgehead atoms. The molecule has 1 aromatic heterocycles. The highest BCUT2D eigenvalue weighted by molar-refractivity contribution is 7.92. The van der Waals surface area contributed by atoms with Crippen LogP contribution in [0.15, 0.2) is 59.8 Å². The second-order valence-electron chi connectivity index (χ2n) is 10.4. The number of likely N-dealkylation sites (tertiary alicyclic amines) is 1. The Labute approximate surface area is 233 Å². The Bertz CT molecular complexity index is 1540. The minimum absolute atomic E-state index is 0.0258. The third-order valence-corrected chi connectivity index (χ3v) is 8.48. The second-order valence-corrected chi connectivity index (χ2v) is 12.6. The lowest BCUT2D eigenvalue weighted by atomic mass is 10.1. The average molecular weight is 564 g/mol. The van der Waals surface area contributed by atoms with E-state index in [1.54, 1.807) is 80.5 Å². The van der Waals surface area contributed by atoms with E-state index in [9.17, 15) is 17.6 Å². The summed E-state index contributed by atoms with van der Waals surface area (Å²) >= 11 is 0. The molecule has 9 nitrogen and oxygen atoms in total. The molecule has 40 heavy (non-hydrogen) atoms. The maximum absolute atomic E-state index is 13.8. The molecule has 1 N–H and O–H groups in total. The first-order valence-electron chi connectivity index (χ1n) is 12.7. The van der Waals surface area contributed by atoms with Crippen molar-refractivity contribution in [1.29, 1.82) is 0 Å². The fourth-order valence-electron chi connectivity index (χ4n) is 4.12. The molecular weight excluding hydrogens is 533 g/mol. The number of amides is 1. The van der Waals surface area contributed by atoms with Crippen molar-refractivity contribution in [3.8, 4) is 0 Å². The van der Waals surface area contributed by atoms with Crippen LogP contribution in [0.25, 0.3) is 17.0 Å². The van der Waals surface area contributed by atoms with Crippen molar-refractivity contribution in [2.75, 3.05) is 18.4 Å². The number of carbonyl (C=O) groups excluding carboxylic acids is 1. The molecule has 11 heteroatoms. The highest BCUT2D eigenvalue weighted by Crippen LogP contribution is 2.27. The van der Waals surface area contributed by atoms with Crippen molar-refractivity contribution in [3.63, 3.8) is 0 Å². The Morgan fingerprint density at radius 1 is 1.07 bits per heavy atom. The van der Waals surface area contributed by atoms with Gasteiger partial charge < -0.3 is 15.0 Å². The van der Waals surface area contributed by atoms with E-state index < -0.39 is 32.6 Å². The summed E-state index contributed by atoms with van der Waals surface area (Å²) in [4.78, 5) is 25.7. The summed E-state index contributed by atoms with van der Waals surface area (Å²) in [5.74, 6) is -0.245. The van der Waals surface area contributed by atoms with Gasteiger partial charge in [0.2, 0.25) is 11.6 Å². The molecule has 3 aromatic rings. The number of benzene rings is 2.